The molecule has 0 aromatic heterocycles. The van der Waals surface area contributed by atoms with E-state index in [-0.39, 0.29) is 49.1 Å². The Labute approximate surface area is 191 Å². The Balaban J connectivity index is 1.22. The van der Waals surface area contributed by atoms with Gasteiger partial charge in [-0.2, -0.15) is 0 Å². The highest BCUT2D eigenvalue weighted by Gasteiger charge is 2.45. The van der Waals surface area contributed by atoms with E-state index in [1.807, 2.05) is 6.07 Å². The molecule has 2 N–H and O–H groups in total. The molecule has 9 heteroatoms. The van der Waals surface area contributed by atoms with E-state index in [4.69, 9.17) is 4.74 Å². The molecule has 3 atom stereocenters. The number of carbonyl (C=O) groups excluding carboxylic acids is 3. The number of benzene rings is 1. The van der Waals surface area contributed by atoms with Crippen molar-refractivity contribution >= 4 is 17.7 Å². The summed E-state index contributed by atoms with van der Waals surface area (Å²) in [4.78, 5) is 38.0. The number of ether oxygens (including phenoxy) is 1. The Morgan fingerprint density at radius 2 is 1.91 bits per heavy atom. The van der Waals surface area contributed by atoms with Crippen LogP contribution in [0.4, 0.5) is 8.78 Å². The fourth-order valence-corrected chi connectivity index (χ4v) is 5.52. The number of imide groups is 1. The summed E-state index contributed by atoms with van der Waals surface area (Å²) in [7, 11) is 0. The van der Waals surface area contributed by atoms with Gasteiger partial charge in [0.2, 0.25) is 17.7 Å². The summed E-state index contributed by atoms with van der Waals surface area (Å²) in [6.07, 6.45) is 4.38. The molecule has 1 saturated heterocycles. The highest BCUT2D eigenvalue weighted by molar-refractivity contribution is 6.05. The Kier molecular flexibility index (Phi) is 5.84. The van der Waals surface area contributed by atoms with Crippen molar-refractivity contribution in [3.8, 4) is 5.75 Å². The molecule has 0 spiro atoms. The van der Waals surface area contributed by atoms with Crippen LogP contribution in [0.25, 0.3) is 0 Å². The van der Waals surface area contributed by atoms with E-state index in [9.17, 15) is 23.2 Å². The fourth-order valence-electron chi connectivity index (χ4n) is 5.52. The molecule has 2 heterocycles. The number of piperidine rings is 1. The van der Waals surface area contributed by atoms with Crippen molar-refractivity contribution in [2.45, 2.75) is 82.0 Å². The van der Waals surface area contributed by atoms with Crippen molar-refractivity contribution < 1.29 is 27.9 Å². The minimum Gasteiger partial charge on any atom is -0.489 e. The molecular weight excluding hydrogens is 432 g/mol. The van der Waals surface area contributed by atoms with E-state index in [1.54, 1.807) is 12.1 Å². The molecular formula is C24H29F2N3O4. The van der Waals surface area contributed by atoms with Crippen LogP contribution in [0, 0.1) is 5.92 Å². The number of hydrogen-bond donors (Lipinski definition) is 2. The number of alkyl halides is 2. The summed E-state index contributed by atoms with van der Waals surface area (Å²) in [5.74, 6) is -2.76. The van der Waals surface area contributed by atoms with Crippen LogP contribution in [0.5, 0.6) is 5.75 Å². The number of amides is 3. The summed E-state index contributed by atoms with van der Waals surface area (Å²) < 4.78 is 32.6. The summed E-state index contributed by atoms with van der Waals surface area (Å²) in [5, 5.41) is 5.77. The molecule has 0 radical (unpaired) electrons. The van der Waals surface area contributed by atoms with Crippen LogP contribution in [-0.2, 0) is 16.1 Å². The van der Waals surface area contributed by atoms with Crippen molar-refractivity contribution in [1.29, 1.82) is 0 Å². The van der Waals surface area contributed by atoms with Gasteiger partial charge in [-0.1, -0.05) is 6.42 Å². The molecule has 3 fully saturated rings. The summed E-state index contributed by atoms with van der Waals surface area (Å²) in [6.45, 7) is 0.888. The molecule has 2 saturated carbocycles. The van der Waals surface area contributed by atoms with Crippen LogP contribution in [0.3, 0.4) is 0 Å². The lowest BCUT2D eigenvalue weighted by Gasteiger charge is -2.38. The number of halogens is 2. The number of fused-ring (bicyclic) bond motifs is 1. The fraction of sp³-hybridized carbons (Fsp3) is 0.625. The molecule has 178 valence electrons. The zero-order valence-corrected chi connectivity index (χ0v) is 18.4. The van der Waals surface area contributed by atoms with Gasteiger partial charge in [-0.05, 0) is 61.9 Å². The highest BCUT2D eigenvalue weighted by Crippen LogP contribution is 2.42. The lowest BCUT2D eigenvalue weighted by Crippen LogP contribution is -2.52. The zero-order valence-electron chi connectivity index (χ0n) is 18.4. The number of carbonyl (C=O) groups is 3. The van der Waals surface area contributed by atoms with Crippen molar-refractivity contribution in [3.63, 3.8) is 0 Å². The molecule has 4 aliphatic rings. The monoisotopic (exact) mass is 461 g/mol. The second-order valence-electron chi connectivity index (χ2n) is 9.80. The predicted octanol–water partition coefficient (Wildman–Crippen LogP) is 2.77. The van der Waals surface area contributed by atoms with Gasteiger partial charge >= 0.3 is 0 Å². The topological polar surface area (TPSA) is 87.7 Å². The normalized spacial score (nSPS) is 29.5. The zero-order chi connectivity index (χ0) is 23.2. The maximum Gasteiger partial charge on any atom is 0.255 e. The van der Waals surface area contributed by atoms with Gasteiger partial charge in [0.25, 0.3) is 5.91 Å². The predicted molar refractivity (Wildman–Crippen MR) is 115 cm³/mol. The van der Waals surface area contributed by atoms with Crippen molar-refractivity contribution in [2.24, 2.45) is 5.92 Å². The first kappa shape index (κ1) is 22.3. The van der Waals surface area contributed by atoms with E-state index in [0.29, 0.717) is 30.8 Å². The van der Waals surface area contributed by atoms with Crippen molar-refractivity contribution in [1.82, 2.24) is 15.5 Å². The Morgan fingerprint density at radius 3 is 2.67 bits per heavy atom. The minimum atomic E-state index is -2.50. The summed E-state index contributed by atoms with van der Waals surface area (Å²) >= 11 is 0. The van der Waals surface area contributed by atoms with Crippen LogP contribution in [0.15, 0.2) is 18.2 Å². The molecule has 1 aromatic rings. The van der Waals surface area contributed by atoms with Gasteiger partial charge in [0.15, 0.2) is 0 Å². The molecule has 33 heavy (non-hydrogen) atoms. The van der Waals surface area contributed by atoms with Crippen LogP contribution in [0.1, 0.15) is 67.3 Å². The average Bonchev–Trinajstić information content (AvgIpc) is 3.07. The smallest absolute Gasteiger partial charge is 0.255 e. The Bertz CT molecular complexity index is 961. The van der Waals surface area contributed by atoms with Gasteiger partial charge in [0.05, 0.1) is 0 Å². The van der Waals surface area contributed by atoms with Gasteiger partial charge in [-0.3, -0.25) is 19.7 Å². The number of hydrogen-bond acceptors (Lipinski definition) is 5. The number of nitrogens with one attached hydrogen (secondary N) is 2. The number of nitrogens with zero attached hydrogens (tertiary/aromatic N) is 1. The van der Waals surface area contributed by atoms with Crippen molar-refractivity contribution in [2.75, 3.05) is 6.54 Å². The number of rotatable bonds is 6. The van der Waals surface area contributed by atoms with E-state index >= 15 is 0 Å². The third-order valence-corrected chi connectivity index (χ3v) is 7.33. The van der Waals surface area contributed by atoms with Gasteiger partial charge in [0, 0.05) is 37.4 Å². The van der Waals surface area contributed by atoms with Gasteiger partial charge in [0.1, 0.15) is 17.9 Å². The quantitative estimate of drug-likeness (QED) is 0.637. The maximum absolute atomic E-state index is 13.1. The Morgan fingerprint density at radius 1 is 1.12 bits per heavy atom. The third kappa shape index (κ3) is 4.60. The largest absolute Gasteiger partial charge is 0.489 e. The van der Waals surface area contributed by atoms with E-state index < -0.39 is 17.9 Å². The molecule has 1 aromatic carbocycles. The molecule has 0 bridgehead atoms. The average molecular weight is 462 g/mol. The third-order valence-electron chi connectivity index (χ3n) is 7.33. The van der Waals surface area contributed by atoms with Crippen molar-refractivity contribution in [3.05, 3.63) is 29.3 Å². The molecule has 3 amide bonds. The van der Waals surface area contributed by atoms with Gasteiger partial charge < -0.3 is 15.0 Å². The van der Waals surface area contributed by atoms with Crippen LogP contribution >= 0.6 is 0 Å². The van der Waals surface area contributed by atoms with E-state index in [0.717, 1.165) is 31.2 Å². The summed E-state index contributed by atoms with van der Waals surface area (Å²) in [6, 6.07) is 4.85. The molecule has 5 rings (SSSR count). The van der Waals surface area contributed by atoms with E-state index in [1.165, 1.54) is 4.90 Å². The molecule has 1 unspecified atom stereocenters. The van der Waals surface area contributed by atoms with Crippen LogP contribution in [-0.4, -0.2) is 53.3 Å². The molecule has 7 nitrogen and oxygen atoms in total. The Hall–Kier alpha value is -2.55. The second kappa shape index (κ2) is 8.66. The minimum absolute atomic E-state index is 0.0202. The maximum atomic E-state index is 13.1. The first-order valence-electron chi connectivity index (χ1n) is 11.8. The molecule has 2 aliphatic heterocycles. The first-order valence-corrected chi connectivity index (χ1v) is 11.8. The SMILES string of the molecule is O=C1CCC(N2Cc3cc(O[C@H]4CCCC[C@@H]4NCC4CC(F)(F)C4)ccc3C2=O)C(=O)N1. The van der Waals surface area contributed by atoms with E-state index in [2.05, 4.69) is 10.6 Å². The highest BCUT2D eigenvalue weighted by atomic mass is 19.3. The van der Waals surface area contributed by atoms with Crippen LogP contribution in [0.2, 0.25) is 0 Å². The lowest BCUT2D eigenvalue weighted by atomic mass is 9.81. The standard InChI is InChI=1S/C24H29F2N3O4/c25-24(26)10-14(11-24)12-27-18-3-1-2-4-20(18)33-16-5-6-17-15(9-16)13-29(23(17)32)19-7-8-21(30)28-22(19)31/h5-6,9,14,18-20,27H,1-4,7-8,10-13H2,(H,28,30,31)/t18-,19?,20-/m0/s1. The molecule has 2 aliphatic carbocycles. The van der Waals surface area contributed by atoms with Crippen LogP contribution < -0.4 is 15.4 Å². The van der Waals surface area contributed by atoms with Gasteiger partial charge in [-0.15, -0.1) is 0 Å². The summed E-state index contributed by atoms with van der Waals surface area (Å²) in [5.41, 5.74) is 1.36. The lowest BCUT2D eigenvalue weighted by molar-refractivity contribution is -0.136. The van der Waals surface area contributed by atoms with Gasteiger partial charge in [-0.25, -0.2) is 8.78 Å². The second-order valence-corrected chi connectivity index (χ2v) is 9.80. The first-order chi connectivity index (χ1) is 15.8.